The van der Waals surface area contributed by atoms with Gasteiger partial charge in [-0.2, -0.15) is 0 Å². The molecule has 0 bridgehead atoms. The molecule has 55 heavy (non-hydrogen) atoms. The van der Waals surface area contributed by atoms with Crippen LogP contribution < -0.4 is 11.1 Å². The van der Waals surface area contributed by atoms with Crippen LogP contribution in [0.3, 0.4) is 0 Å². The van der Waals surface area contributed by atoms with Gasteiger partial charge in [-0.15, -0.1) is 0 Å². The summed E-state index contributed by atoms with van der Waals surface area (Å²) in [5.74, 6) is -0.220. The first-order chi connectivity index (χ1) is 26.9. The van der Waals surface area contributed by atoms with Crippen molar-refractivity contribution in [1.82, 2.24) is 5.32 Å². The number of nitrogens with two attached hydrogens (primary N) is 1. The summed E-state index contributed by atoms with van der Waals surface area (Å²) < 4.78 is 22.1. The molecule has 3 unspecified atom stereocenters. The van der Waals surface area contributed by atoms with Crippen molar-refractivity contribution in [3.63, 3.8) is 0 Å². The molecule has 8 nitrogen and oxygen atoms in total. The zero-order valence-electron chi connectivity index (χ0n) is 34.9. The maximum absolute atomic E-state index is 12.8. The first-order valence-corrected chi connectivity index (χ1v) is 23.2. The summed E-state index contributed by atoms with van der Waals surface area (Å²) in [6.07, 6.45) is 54.9. The molecule has 0 spiro atoms. The van der Waals surface area contributed by atoms with Crippen LogP contribution in [0.5, 0.6) is 0 Å². The molecule has 0 aliphatic rings. The van der Waals surface area contributed by atoms with Crippen molar-refractivity contribution in [2.75, 3.05) is 19.8 Å². The molecule has 1 amide bonds. The lowest BCUT2D eigenvalue weighted by atomic mass is 10.1. The molecule has 5 N–H and O–H groups in total. The van der Waals surface area contributed by atoms with Gasteiger partial charge in [-0.05, 0) is 77.0 Å². The number of phosphoric acid groups is 1. The van der Waals surface area contributed by atoms with Crippen molar-refractivity contribution in [2.24, 2.45) is 5.73 Å². The van der Waals surface area contributed by atoms with E-state index in [4.69, 9.17) is 14.8 Å². The summed E-state index contributed by atoms with van der Waals surface area (Å²) >= 11 is 0. The van der Waals surface area contributed by atoms with Crippen molar-refractivity contribution in [3.8, 4) is 0 Å². The zero-order chi connectivity index (χ0) is 40.3. The maximum Gasteiger partial charge on any atom is 0.472 e. The van der Waals surface area contributed by atoms with Crippen molar-refractivity contribution < 1.29 is 28.4 Å². The molecule has 0 aromatic rings. The molecular weight excluding hydrogens is 707 g/mol. The van der Waals surface area contributed by atoms with Gasteiger partial charge in [0.25, 0.3) is 0 Å². The molecule has 0 heterocycles. The highest BCUT2D eigenvalue weighted by Gasteiger charge is 2.26. The second-order valence-corrected chi connectivity index (χ2v) is 15.6. The molecular formula is C46H81N2O6P. The fraction of sp³-hybridized carbons (Fsp3) is 0.674. The summed E-state index contributed by atoms with van der Waals surface area (Å²) in [7, 11) is -4.35. The first kappa shape index (κ1) is 52.7. The average molecular weight is 789 g/mol. The predicted molar refractivity (Wildman–Crippen MR) is 235 cm³/mol. The second kappa shape index (κ2) is 41.3. The number of unbranched alkanes of at least 4 members (excludes halogenated alkanes) is 15. The number of nitrogens with one attached hydrogen (secondary N) is 1. The first-order valence-electron chi connectivity index (χ1n) is 21.7. The van der Waals surface area contributed by atoms with Crippen LogP contribution in [0.4, 0.5) is 0 Å². The van der Waals surface area contributed by atoms with Crippen LogP contribution in [0.2, 0.25) is 0 Å². The minimum atomic E-state index is -4.35. The summed E-state index contributed by atoms with van der Waals surface area (Å²) in [5.41, 5.74) is 5.36. The number of carbonyl (C=O) groups excluding carboxylic acids is 1. The van der Waals surface area contributed by atoms with Gasteiger partial charge in [0.2, 0.25) is 5.91 Å². The summed E-state index contributed by atoms with van der Waals surface area (Å²) in [6.45, 7) is 3.96. The molecule has 9 heteroatoms. The highest BCUT2D eigenvalue weighted by atomic mass is 31.2. The van der Waals surface area contributed by atoms with E-state index in [1.807, 2.05) is 6.08 Å². The molecule has 0 radical (unpaired) electrons. The molecule has 0 saturated carbocycles. The van der Waals surface area contributed by atoms with E-state index in [0.717, 1.165) is 83.5 Å². The van der Waals surface area contributed by atoms with Gasteiger partial charge in [-0.25, -0.2) is 4.57 Å². The van der Waals surface area contributed by atoms with Crippen molar-refractivity contribution in [3.05, 3.63) is 85.1 Å². The number of allylic oxidation sites excluding steroid dienone is 13. The third-order valence-corrected chi connectivity index (χ3v) is 9.94. The van der Waals surface area contributed by atoms with Crippen LogP contribution in [-0.4, -0.2) is 47.8 Å². The molecule has 3 atom stereocenters. The predicted octanol–water partition coefficient (Wildman–Crippen LogP) is 12.2. The quantitative estimate of drug-likeness (QED) is 0.0277. The lowest BCUT2D eigenvalue weighted by molar-refractivity contribution is -0.123. The van der Waals surface area contributed by atoms with Crippen LogP contribution in [0.1, 0.15) is 168 Å². The Balaban J connectivity index is 4.25. The Morgan fingerprint density at radius 3 is 1.62 bits per heavy atom. The standard InChI is InChI=1S/C46H81N2O6P/c1-3-5-7-9-11-13-15-17-18-19-20-21-22-23-24-25-26-28-30-32-34-36-38-40-46(50)48-44(43-54-55(51,52)53-42-41-47)45(49)39-37-35-33-31-29-27-16-14-12-10-8-6-4-2/h5,7,11,13,17-18,20-21,23-24,29,31,37,39,44-45,49H,3-4,6,8-10,12,14-16,19,22,25-28,30,32-36,38,40-43,47H2,1-2H3,(H,48,50)(H,51,52)/b7-5-,13-11-,18-17-,21-20-,24-23-,31-29+,39-37+. The van der Waals surface area contributed by atoms with Gasteiger partial charge in [-0.3, -0.25) is 13.8 Å². The SMILES string of the molecule is CC/C=C\C/C=C\C/C=C\C/C=C\C/C=C\CCCCCCCCCC(=O)NC(COP(=O)(O)OCCN)C(O)/C=C/CC/C=C/CCCCCCCCC. The van der Waals surface area contributed by atoms with Crippen LogP contribution in [0, 0.1) is 0 Å². The molecule has 0 saturated heterocycles. The number of aliphatic hydroxyl groups is 1. The number of amides is 1. The van der Waals surface area contributed by atoms with Gasteiger partial charge in [-0.1, -0.05) is 170 Å². The normalized spacial score (nSPS) is 14.9. The summed E-state index contributed by atoms with van der Waals surface area (Å²) in [4.78, 5) is 22.7. The topological polar surface area (TPSA) is 131 Å². The fourth-order valence-electron chi connectivity index (χ4n) is 5.70. The van der Waals surface area contributed by atoms with E-state index >= 15 is 0 Å². The largest absolute Gasteiger partial charge is 0.472 e. The van der Waals surface area contributed by atoms with E-state index in [-0.39, 0.29) is 25.7 Å². The van der Waals surface area contributed by atoms with E-state index in [1.54, 1.807) is 6.08 Å². The monoisotopic (exact) mass is 789 g/mol. The second-order valence-electron chi connectivity index (χ2n) is 14.2. The molecule has 0 fully saturated rings. The van der Waals surface area contributed by atoms with Crippen LogP contribution in [0.25, 0.3) is 0 Å². The van der Waals surface area contributed by atoms with E-state index < -0.39 is 20.0 Å². The van der Waals surface area contributed by atoms with Crippen molar-refractivity contribution in [2.45, 2.75) is 180 Å². The van der Waals surface area contributed by atoms with Gasteiger partial charge in [0.05, 0.1) is 25.4 Å². The fourth-order valence-corrected chi connectivity index (χ4v) is 6.46. The average Bonchev–Trinajstić information content (AvgIpc) is 3.17. The Bertz CT molecular complexity index is 1130. The van der Waals surface area contributed by atoms with Gasteiger partial charge in [0.1, 0.15) is 0 Å². The Labute approximate surface area is 337 Å². The number of rotatable bonds is 39. The molecule has 0 aliphatic heterocycles. The zero-order valence-corrected chi connectivity index (χ0v) is 35.8. The van der Waals surface area contributed by atoms with E-state index in [2.05, 4.69) is 92.1 Å². The number of hydrogen-bond donors (Lipinski definition) is 4. The lowest BCUT2D eigenvalue weighted by Crippen LogP contribution is -2.45. The van der Waals surface area contributed by atoms with Crippen LogP contribution >= 0.6 is 7.82 Å². The van der Waals surface area contributed by atoms with Gasteiger partial charge in [0.15, 0.2) is 0 Å². The Hall–Kier alpha value is -2.32. The van der Waals surface area contributed by atoms with Crippen LogP contribution in [-0.2, 0) is 18.4 Å². The Kier molecular flexibility index (Phi) is 39.6. The van der Waals surface area contributed by atoms with Gasteiger partial charge >= 0.3 is 7.82 Å². The number of carbonyl (C=O) groups is 1. The Morgan fingerprint density at radius 1 is 0.618 bits per heavy atom. The Morgan fingerprint density at radius 2 is 1.07 bits per heavy atom. The molecule has 0 aromatic heterocycles. The third-order valence-electron chi connectivity index (χ3n) is 8.95. The smallest absolute Gasteiger partial charge is 0.387 e. The van der Waals surface area contributed by atoms with Crippen molar-refractivity contribution >= 4 is 13.7 Å². The molecule has 0 aliphatic carbocycles. The number of aliphatic hydroxyl groups excluding tert-OH is 1. The minimum Gasteiger partial charge on any atom is -0.387 e. The van der Waals surface area contributed by atoms with Gasteiger partial charge in [0, 0.05) is 13.0 Å². The minimum absolute atomic E-state index is 0.0675. The summed E-state index contributed by atoms with van der Waals surface area (Å²) in [6, 6.07) is -0.887. The molecule has 0 aromatic carbocycles. The van der Waals surface area contributed by atoms with E-state index in [0.29, 0.717) is 6.42 Å². The highest BCUT2D eigenvalue weighted by molar-refractivity contribution is 7.47. The molecule has 316 valence electrons. The van der Waals surface area contributed by atoms with E-state index in [9.17, 15) is 19.4 Å². The maximum atomic E-state index is 12.8. The third kappa shape index (κ3) is 39.7. The van der Waals surface area contributed by atoms with Crippen molar-refractivity contribution in [1.29, 1.82) is 0 Å². The van der Waals surface area contributed by atoms with E-state index in [1.165, 1.54) is 64.2 Å². The highest BCUT2D eigenvalue weighted by Crippen LogP contribution is 2.43. The lowest BCUT2D eigenvalue weighted by Gasteiger charge is -2.23. The molecule has 0 rings (SSSR count). The summed E-state index contributed by atoms with van der Waals surface area (Å²) in [5, 5.41) is 13.6. The van der Waals surface area contributed by atoms with Gasteiger partial charge < -0.3 is 21.1 Å². The number of hydrogen-bond acceptors (Lipinski definition) is 6. The number of phosphoric ester groups is 1. The van der Waals surface area contributed by atoms with Crippen LogP contribution in [0.15, 0.2) is 85.1 Å².